The van der Waals surface area contributed by atoms with Crippen LogP contribution in [0.2, 0.25) is 0 Å². The lowest BCUT2D eigenvalue weighted by Crippen LogP contribution is -2.31. The summed E-state index contributed by atoms with van der Waals surface area (Å²) in [4.78, 5) is 35.6. The summed E-state index contributed by atoms with van der Waals surface area (Å²) < 4.78 is 20.7. The van der Waals surface area contributed by atoms with Crippen molar-refractivity contribution < 1.29 is 33.3 Å². The lowest BCUT2D eigenvalue weighted by atomic mass is 10.1. The van der Waals surface area contributed by atoms with Gasteiger partial charge in [-0.2, -0.15) is 0 Å². The number of anilines is 1. The van der Waals surface area contributed by atoms with Crippen LogP contribution in [0.3, 0.4) is 0 Å². The van der Waals surface area contributed by atoms with Crippen LogP contribution in [0.25, 0.3) is 0 Å². The Morgan fingerprint density at radius 2 is 1.72 bits per heavy atom. The number of esters is 1. The highest BCUT2D eigenvalue weighted by molar-refractivity contribution is 5.95. The third-order valence-electron chi connectivity index (χ3n) is 3.93. The minimum Gasteiger partial charge on any atom is -0.493 e. The fraction of sp³-hybridized carbons (Fsp3) is 0.286. The number of ether oxygens (including phenoxy) is 4. The second-order valence-electron chi connectivity index (χ2n) is 6.06. The number of ketones is 1. The van der Waals surface area contributed by atoms with Crippen LogP contribution in [0, 0.1) is 0 Å². The van der Waals surface area contributed by atoms with Crippen molar-refractivity contribution in [2.45, 2.75) is 20.0 Å². The quantitative estimate of drug-likeness (QED) is 0.509. The van der Waals surface area contributed by atoms with E-state index < -0.39 is 24.6 Å². The van der Waals surface area contributed by atoms with E-state index in [0.29, 0.717) is 28.5 Å². The fourth-order valence-electron chi connectivity index (χ4n) is 2.39. The van der Waals surface area contributed by atoms with Gasteiger partial charge in [0.05, 0.1) is 14.2 Å². The Balaban J connectivity index is 1.88. The van der Waals surface area contributed by atoms with Gasteiger partial charge in [-0.1, -0.05) is 12.1 Å². The number of methoxy groups -OCH3 is 2. The van der Waals surface area contributed by atoms with E-state index in [1.54, 1.807) is 36.4 Å². The number of rotatable bonds is 9. The molecule has 0 aliphatic heterocycles. The van der Waals surface area contributed by atoms with Crippen LogP contribution in [0.1, 0.15) is 24.2 Å². The number of hydrogen-bond donors (Lipinski definition) is 1. The molecular weight excluding hydrogens is 378 g/mol. The largest absolute Gasteiger partial charge is 0.493 e. The Bertz CT molecular complexity index is 894. The molecule has 8 heteroatoms. The maximum Gasteiger partial charge on any atom is 0.344 e. The van der Waals surface area contributed by atoms with Crippen molar-refractivity contribution in [3.63, 3.8) is 0 Å². The van der Waals surface area contributed by atoms with Crippen molar-refractivity contribution in [3.05, 3.63) is 48.0 Å². The molecule has 0 aliphatic carbocycles. The van der Waals surface area contributed by atoms with Gasteiger partial charge in [-0.05, 0) is 38.1 Å². The van der Waals surface area contributed by atoms with Crippen molar-refractivity contribution in [1.29, 1.82) is 0 Å². The molecule has 1 amide bonds. The van der Waals surface area contributed by atoms with E-state index in [-0.39, 0.29) is 5.78 Å². The van der Waals surface area contributed by atoms with E-state index in [2.05, 4.69) is 5.32 Å². The predicted octanol–water partition coefficient (Wildman–Crippen LogP) is 2.86. The van der Waals surface area contributed by atoms with Gasteiger partial charge in [0, 0.05) is 17.3 Å². The van der Waals surface area contributed by atoms with Crippen molar-refractivity contribution in [3.8, 4) is 17.2 Å². The van der Waals surface area contributed by atoms with Crippen LogP contribution in [0.15, 0.2) is 42.5 Å². The normalized spacial score (nSPS) is 11.2. The second kappa shape index (κ2) is 10.1. The number of nitrogens with one attached hydrogen (secondary N) is 1. The van der Waals surface area contributed by atoms with Gasteiger partial charge in [0.2, 0.25) is 0 Å². The molecule has 0 spiro atoms. The maximum atomic E-state index is 12.3. The molecule has 0 saturated heterocycles. The minimum atomic E-state index is -1.04. The highest BCUT2D eigenvalue weighted by atomic mass is 16.6. The summed E-state index contributed by atoms with van der Waals surface area (Å²) in [5, 5.41) is 2.64. The standard InChI is InChI=1S/C21H23NO7/c1-13(23)15-6-5-7-17(10-15)28-12-20(24)29-14(2)21(25)22-16-8-9-18(26-3)19(11-16)27-4/h5-11,14H,12H2,1-4H3,(H,22,25)/t14-/m1/s1. The Labute approximate surface area is 168 Å². The van der Waals surface area contributed by atoms with Gasteiger partial charge in [0.1, 0.15) is 5.75 Å². The average molecular weight is 401 g/mol. The number of carbonyl (C=O) groups excluding carboxylic acids is 3. The number of benzene rings is 2. The van der Waals surface area contributed by atoms with E-state index in [9.17, 15) is 14.4 Å². The van der Waals surface area contributed by atoms with Gasteiger partial charge in [0.15, 0.2) is 30.0 Å². The molecule has 2 aromatic rings. The molecule has 8 nitrogen and oxygen atoms in total. The summed E-state index contributed by atoms with van der Waals surface area (Å²) in [6.07, 6.45) is -1.04. The Hall–Kier alpha value is -3.55. The smallest absolute Gasteiger partial charge is 0.344 e. The molecule has 0 unspecified atom stereocenters. The third-order valence-corrected chi connectivity index (χ3v) is 3.93. The third kappa shape index (κ3) is 6.24. The van der Waals surface area contributed by atoms with Crippen molar-refractivity contribution in [1.82, 2.24) is 0 Å². The molecule has 0 aliphatic rings. The van der Waals surface area contributed by atoms with Gasteiger partial charge < -0.3 is 24.3 Å². The van der Waals surface area contributed by atoms with E-state index >= 15 is 0 Å². The van der Waals surface area contributed by atoms with Gasteiger partial charge in [-0.25, -0.2) is 4.79 Å². The van der Waals surface area contributed by atoms with E-state index in [4.69, 9.17) is 18.9 Å². The van der Waals surface area contributed by atoms with Gasteiger partial charge in [-0.3, -0.25) is 9.59 Å². The van der Waals surface area contributed by atoms with E-state index in [1.165, 1.54) is 34.1 Å². The van der Waals surface area contributed by atoms with Crippen LogP contribution >= 0.6 is 0 Å². The van der Waals surface area contributed by atoms with Crippen LogP contribution < -0.4 is 19.5 Å². The zero-order valence-corrected chi connectivity index (χ0v) is 16.7. The molecule has 0 fully saturated rings. The highest BCUT2D eigenvalue weighted by Gasteiger charge is 2.19. The molecule has 0 radical (unpaired) electrons. The average Bonchev–Trinajstić information content (AvgIpc) is 2.72. The van der Waals surface area contributed by atoms with E-state index in [0.717, 1.165) is 0 Å². The summed E-state index contributed by atoms with van der Waals surface area (Å²) in [6, 6.07) is 11.3. The first-order valence-corrected chi connectivity index (χ1v) is 8.80. The molecule has 2 rings (SSSR count). The van der Waals surface area contributed by atoms with Crippen molar-refractivity contribution in [2.75, 3.05) is 26.1 Å². The molecule has 0 bridgehead atoms. The van der Waals surface area contributed by atoms with Crippen LogP contribution in [0.4, 0.5) is 5.69 Å². The molecule has 1 N–H and O–H groups in total. The SMILES string of the molecule is COc1ccc(NC(=O)[C@@H](C)OC(=O)COc2cccc(C(C)=O)c2)cc1OC. The van der Waals surface area contributed by atoms with E-state index in [1.807, 2.05) is 0 Å². The second-order valence-corrected chi connectivity index (χ2v) is 6.06. The topological polar surface area (TPSA) is 100 Å². The van der Waals surface area contributed by atoms with Gasteiger partial charge in [0.25, 0.3) is 5.91 Å². The lowest BCUT2D eigenvalue weighted by molar-refractivity contribution is -0.155. The minimum absolute atomic E-state index is 0.113. The summed E-state index contributed by atoms with van der Waals surface area (Å²) in [5.74, 6) is 0.00000621. The zero-order valence-electron chi connectivity index (χ0n) is 16.7. The van der Waals surface area contributed by atoms with Crippen LogP contribution in [0.5, 0.6) is 17.2 Å². The first-order valence-electron chi connectivity index (χ1n) is 8.80. The number of Topliss-reactive ketones (excluding diaryl/α,β-unsaturated/α-hetero) is 1. The molecular formula is C21H23NO7. The molecule has 0 heterocycles. The number of carbonyl (C=O) groups is 3. The van der Waals surface area contributed by atoms with Gasteiger partial charge in [-0.15, -0.1) is 0 Å². The molecule has 0 saturated carbocycles. The number of hydrogen-bond acceptors (Lipinski definition) is 7. The maximum absolute atomic E-state index is 12.3. The molecule has 154 valence electrons. The summed E-state index contributed by atoms with van der Waals surface area (Å²) in [6.45, 7) is 2.49. The Morgan fingerprint density at radius 1 is 1.00 bits per heavy atom. The predicted molar refractivity (Wildman–Crippen MR) is 106 cm³/mol. The summed E-state index contributed by atoms with van der Waals surface area (Å²) >= 11 is 0. The first-order chi connectivity index (χ1) is 13.8. The van der Waals surface area contributed by atoms with Crippen LogP contribution in [-0.2, 0) is 14.3 Å². The Morgan fingerprint density at radius 3 is 2.38 bits per heavy atom. The Kier molecular flexibility index (Phi) is 7.59. The zero-order chi connectivity index (χ0) is 21.4. The number of amides is 1. The monoisotopic (exact) mass is 401 g/mol. The van der Waals surface area contributed by atoms with Crippen LogP contribution in [-0.4, -0.2) is 44.6 Å². The summed E-state index contributed by atoms with van der Waals surface area (Å²) in [7, 11) is 3.00. The highest BCUT2D eigenvalue weighted by Crippen LogP contribution is 2.29. The van der Waals surface area contributed by atoms with Crippen molar-refractivity contribution in [2.24, 2.45) is 0 Å². The van der Waals surface area contributed by atoms with Crippen molar-refractivity contribution >= 4 is 23.3 Å². The first kappa shape index (κ1) is 21.7. The fourth-order valence-corrected chi connectivity index (χ4v) is 2.39. The molecule has 2 aromatic carbocycles. The molecule has 0 aromatic heterocycles. The van der Waals surface area contributed by atoms with Gasteiger partial charge >= 0.3 is 5.97 Å². The lowest BCUT2D eigenvalue weighted by Gasteiger charge is -2.15. The molecule has 29 heavy (non-hydrogen) atoms. The molecule has 1 atom stereocenters. The summed E-state index contributed by atoms with van der Waals surface area (Å²) in [5.41, 5.74) is 0.936.